The molecule has 0 aliphatic heterocycles. The summed E-state index contributed by atoms with van der Waals surface area (Å²) in [5.74, 6) is -0.305. The maximum atomic E-state index is 13.2. The van der Waals surface area contributed by atoms with Crippen LogP contribution >= 0.6 is 15.9 Å². The Morgan fingerprint density at radius 1 is 1.12 bits per heavy atom. The van der Waals surface area contributed by atoms with Gasteiger partial charge in [-0.1, -0.05) is 15.9 Å². The van der Waals surface area contributed by atoms with Crippen molar-refractivity contribution in [3.63, 3.8) is 0 Å². The van der Waals surface area contributed by atoms with Gasteiger partial charge in [-0.05, 0) is 30.3 Å². The van der Waals surface area contributed by atoms with Crippen molar-refractivity contribution in [2.45, 2.75) is 6.18 Å². The summed E-state index contributed by atoms with van der Waals surface area (Å²) >= 11 is 3.19. The molecule has 0 N–H and O–H groups in total. The van der Waals surface area contributed by atoms with E-state index >= 15 is 0 Å². The summed E-state index contributed by atoms with van der Waals surface area (Å²) in [6, 6.07) is 8.23. The van der Waals surface area contributed by atoms with Crippen molar-refractivity contribution in [1.29, 1.82) is 0 Å². The maximum Gasteiger partial charge on any atom is 0.433 e. The number of halogens is 4. The fourth-order valence-corrected chi connectivity index (χ4v) is 2.38. The molecule has 0 saturated heterocycles. The molecule has 0 fully saturated rings. The van der Waals surface area contributed by atoms with Crippen LogP contribution in [-0.4, -0.2) is 21.2 Å². The fourth-order valence-electron chi connectivity index (χ4n) is 2.04. The molecule has 0 unspecified atom stereocenters. The van der Waals surface area contributed by atoms with Gasteiger partial charge < -0.3 is 4.74 Å². The largest absolute Gasteiger partial charge is 0.439 e. The molecule has 0 spiro atoms. The van der Waals surface area contributed by atoms with E-state index in [2.05, 4.69) is 30.9 Å². The van der Waals surface area contributed by atoms with Gasteiger partial charge in [0.25, 0.3) is 0 Å². The third-order valence-electron chi connectivity index (χ3n) is 3.23. The van der Waals surface area contributed by atoms with Crippen LogP contribution in [0.5, 0.6) is 11.6 Å². The summed E-state index contributed by atoms with van der Waals surface area (Å²) in [5, 5.41) is 0. The molecule has 0 bridgehead atoms. The number of alkyl halides is 3. The number of benzene rings is 1. The molecule has 2 aromatic heterocycles. The number of nitrogens with zero attached hydrogens (tertiary/aromatic N) is 3. The molecule has 0 amide bonds. The summed E-state index contributed by atoms with van der Waals surface area (Å²) in [7, 11) is 0. The summed E-state index contributed by atoms with van der Waals surface area (Å²) in [5.41, 5.74) is -0.540. The van der Waals surface area contributed by atoms with Crippen LogP contribution in [0.4, 0.5) is 13.2 Å². The van der Waals surface area contributed by atoms with E-state index in [-0.39, 0.29) is 17.5 Å². The lowest BCUT2D eigenvalue weighted by molar-refractivity contribution is -0.141. The van der Waals surface area contributed by atoms with Crippen LogP contribution in [0.15, 0.2) is 53.3 Å². The molecular formula is C17H9BrF3N3O2. The number of rotatable bonds is 4. The van der Waals surface area contributed by atoms with E-state index in [0.29, 0.717) is 28.0 Å². The minimum absolute atomic E-state index is 0.166. The molecule has 9 heteroatoms. The van der Waals surface area contributed by atoms with Crippen molar-refractivity contribution in [2.24, 2.45) is 0 Å². The molecule has 5 nitrogen and oxygen atoms in total. The zero-order chi connectivity index (χ0) is 18.7. The van der Waals surface area contributed by atoms with Gasteiger partial charge >= 0.3 is 6.18 Å². The zero-order valence-electron chi connectivity index (χ0n) is 12.9. The third kappa shape index (κ3) is 4.05. The second kappa shape index (κ2) is 7.20. The normalized spacial score (nSPS) is 11.2. The number of pyridine rings is 1. The van der Waals surface area contributed by atoms with Crippen molar-refractivity contribution in [2.75, 3.05) is 0 Å². The number of carbonyl (C=O) groups is 1. The standard InChI is InChI=1S/C17H9BrF3N3O2/c18-13-4-3-12(6-11(13)9-25)26-15-7-14(17(19,20)21)23-16(24-15)10-2-1-5-22-8-10/h1-9H. The lowest BCUT2D eigenvalue weighted by atomic mass is 10.2. The zero-order valence-corrected chi connectivity index (χ0v) is 14.5. The third-order valence-corrected chi connectivity index (χ3v) is 3.95. The van der Waals surface area contributed by atoms with E-state index in [0.717, 1.165) is 0 Å². The minimum atomic E-state index is -4.67. The first-order chi connectivity index (χ1) is 12.4. The van der Waals surface area contributed by atoms with Gasteiger partial charge in [0.1, 0.15) is 5.75 Å². The van der Waals surface area contributed by atoms with Gasteiger partial charge in [0.2, 0.25) is 5.88 Å². The quantitative estimate of drug-likeness (QED) is 0.556. The Kier molecular flexibility index (Phi) is 4.99. The highest BCUT2D eigenvalue weighted by Crippen LogP contribution is 2.33. The predicted octanol–water partition coefficient (Wildman–Crippen LogP) is 4.92. The highest BCUT2D eigenvalue weighted by atomic mass is 79.9. The Morgan fingerprint density at radius 3 is 2.58 bits per heavy atom. The molecule has 132 valence electrons. The van der Waals surface area contributed by atoms with Crippen molar-refractivity contribution in [3.05, 3.63) is 64.5 Å². The summed E-state index contributed by atoms with van der Waals surface area (Å²) in [6.45, 7) is 0. The minimum Gasteiger partial charge on any atom is -0.439 e. The molecular weight excluding hydrogens is 415 g/mol. The van der Waals surface area contributed by atoms with E-state index < -0.39 is 11.9 Å². The highest BCUT2D eigenvalue weighted by Gasteiger charge is 2.34. The van der Waals surface area contributed by atoms with Crippen molar-refractivity contribution in [3.8, 4) is 23.0 Å². The number of aldehydes is 1. The number of ether oxygens (including phenoxy) is 1. The predicted molar refractivity (Wildman–Crippen MR) is 89.9 cm³/mol. The summed E-state index contributed by atoms with van der Waals surface area (Å²) in [4.78, 5) is 22.4. The van der Waals surface area contributed by atoms with Crippen molar-refractivity contribution in [1.82, 2.24) is 15.0 Å². The first-order valence-electron chi connectivity index (χ1n) is 7.16. The Morgan fingerprint density at radius 2 is 1.92 bits per heavy atom. The van der Waals surface area contributed by atoms with Gasteiger partial charge in [0.15, 0.2) is 17.8 Å². The van der Waals surface area contributed by atoms with E-state index in [1.165, 1.54) is 30.6 Å². The Bertz CT molecular complexity index is 950. The first kappa shape index (κ1) is 18.0. The molecule has 0 saturated carbocycles. The Hall–Kier alpha value is -2.81. The Labute approximate surface area is 154 Å². The van der Waals surface area contributed by atoms with Gasteiger partial charge in [-0.3, -0.25) is 9.78 Å². The van der Waals surface area contributed by atoms with Crippen molar-refractivity contribution >= 4 is 22.2 Å². The number of aromatic nitrogens is 3. The molecule has 3 aromatic rings. The van der Waals surface area contributed by atoms with Crippen LogP contribution in [0.3, 0.4) is 0 Å². The van der Waals surface area contributed by atoms with E-state index in [9.17, 15) is 18.0 Å². The molecule has 1 aromatic carbocycles. The summed E-state index contributed by atoms with van der Waals surface area (Å²) in [6.07, 6.45) is -1.24. The van der Waals surface area contributed by atoms with Gasteiger partial charge in [0.05, 0.1) is 0 Å². The monoisotopic (exact) mass is 423 g/mol. The molecule has 0 aliphatic carbocycles. The van der Waals surface area contributed by atoms with Crippen molar-refractivity contribution < 1.29 is 22.7 Å². The molecule has 0 aliphatic rings. The topological polar surface area (TPSA) is 65.0 Å². The molecule has 0 radical (unpaired) electrons. The lowest BCUT2D eigenvalue weighted by Crippen LogP contribution is -2.10. The van der Waals surface area contributed by atoms with Crippen LogP contribution in [-0.2, 0) is 6.18 Å². The molecule has 26 heavy (non-hydrogen) atoms. The van der Waals surface area contributed by atoms with Crippen LogP contribution < -0.4 is 4.74 Å². The average molecular weight is 424 g/mol. The number of hydrogen-bond acceptors (Lipinski definition) is 5. The number of carbonyl (C=O) groups excluding carboxylic acids is 1. The Balaban J connectivity index is 2.05. The van der Waals surface area contributed by atoms with Crippen LogP contribution in [0.1, 0.15) is 16.1 Å². The smallest absolute Gasteiger partial charge is 0.433 e. The molecule has 3 rings (SSSR count). The number of hydrogen-bond donors (Lipinski definition) is 0. The van der Waals surface area contributed by atoms with E-state index in [4.69, 9.17) is 4.74 Å². The summed E-state index contributed by atoms with van der Waals surface area (Å²) < 4.78 is 45.4. The highest BCUT2D eigenvalue weighted by molar-refractivity contribution is 9.10. The lowest BCUT2D eigenvalue weighted by Gasteiger charge is -2.11. The first-order valence-corrected chi connectivity index (χ1v) is 7.95. The van der Waals surface area contributed by atoms with E-state index in [1.54, 1.807) is 12.1 Å². The molecule has 0 atom stereocenters. The second-order valence-corrected chi connectivity index (χ2v) is 5.91. The maximum absolute atomic E-state index is 13.2. The van der Waals surface area contributed by atoms with Crippen LogP contribution in [0, 0.1) is 0 Å². The van der Waals surface area contributed by atoms with Gasteiger partial charge in [-0.2, -0.15) is 18.2 Å². The fraction of sp³-hybridized carbons (Fsp3) is 0.0588. The molecule has 2 heterocycles. The SMILES string of the molecule is O=Cc1cc(Oc2cc(C(F)(F)F)nc(-c3cccnc3)n2)ccc1Br. The van der Waals surface area contributed by atoms with Crippen LogP contribution in [0.2, 0.25) is 0 Å². The van der Waals surface area contributed by atoms with Gasteiger partial charge in [-0.15, -0.1) is 0 Å². The van der Waals surface area contributed by atoms with Gasteiger partial charge in [-0.25, -0.2) is 4.98 Å². The van der Waals surface area contributed by atoms with Gasteiger partial charge in [0, 0.05) is 34.1 Å². The van der Waals surface area contributed by atoms with E-state index in [1.807, 2.05) is 0 Å². The average Bonchev–Trinajstić information content (AvgIpc) is 2.63. The van der Waals surface area contributed by atoms with Crippen LogP contribution in [0.25, 0.3) is 11.4 Å². The second-order valence-electron chi connectivity index (χ2n) is 5.06.